The number of benzene rings is 9. The molecule has 2 heterocycles. The molecule has 0 unspecified atom stereocenters. The summed E-state index contributed by atoms with van der Waals surface area (Å²) in [6.07, 6.45) is 6.29. The molecule has 5 atom stereocenters. The highest BCUT2D eigenvalue weighted by Gasteiger charge is 2.31. The van der Waals surface area contributed by atoms with Crippen LogP contribution in [0.25, 0.3) is 30.4 Å². The number of nitriles is 5. The second-order valence-corrected chi connectivity index (χ2v) is 30.3. The van der Waals surface area contributed by atoms with Gasteiger partial charge in [-0.25, -0.2) is 4.98 Å². The number of amides is 5. The van der Waals surface area contributed by atoms with Gasteiger partial charge in [0.15, 0.2) is 11.5 Å². The van der Waals surface area contributed by atoms with Gasteiger partial charge >= 0.3 is 12.1 Å². The Hall–Kier alpha value is -14.4. The summed E-state index contributed by atoms with van der Waals surface area (Å²) in [4.78, 5) is 79.6. The largest absolute Gasteiger partial charge is 0.493 e. The molecule has 0 bridgehead atoms. The molecule has 1 fully saturated rings. The fourth-order valence-corrected chi connectivity index (χ4v) is 13.1. The van der Waals surface area contributed by atoms with Gasteiger partial charge in [0.05, 0.1) is 65.7 Å². The van der Waals surface area contributed by atoms with Crippen molar-refractivity contribution in [2.45, 2.75) is 97.2 Å². The summed E-state index contributed by atoms with van der Waals surface area (Å²) in [6.45, 7) is 12.7. The number of hydrogen-bond donors (Lipinski definition) is 5. The molecule has 11 rings (SSSR count). The first-order chi connectivity index (χ1) is 60.9. The lowest BCUT2D eigenvalue weighted by Gasteiger charge is -2.28. The molecular weight excluding hydrogens is 1740 g/mol. The summed E-state index contributed by atoms with van der Waals surface area (Å²) < 4.78 is 54.9. The Morgan fingerprint density at radius 1 is 0.417 bits per heavy atom. The number of aromatic nitrogens is 1. The van der Waals surface area contributed by atoms with Crippen LogP contribution in [0, 0.1) is 56.7 Å². The Labute approximate surface area is 759 Å². The van der Waals surface area contributed by atoms with Gasteiger partial charge in [0.25, 0.3) is 29.5 Å². The number of ether oxygens (including phenoxy) is 3. The lowest BCUT2D eigenvalue weighted by atomic mass is 10.1. The number of rotatable bonds is 24. The molecule has 9 aromatic carbocycles. The van der Waals surface area contributed by atoms with Crippen LogP contribution in [0.4, 0.5) is 18.9 Å². The van der Waals surface area contributed by atoms with Gasteiger partial charge in [0.2, 0.25) is 5.75 Å². The molecular formula is C99H89BrCl3F3N12O9. The van der Waals surface area contributed by atoms with Gasteiger partial charge in [-0.15, -0.1) is 0 Å². The second-order valence-electron chi connectivity index (χ2n) is 28.2. The normalized spacial score (nSPS) is 13.1. The SMILES string of the molecule is COc1cc(/C=C(\C#N)C(=O)N[C@@H](C)c2ccccc2)cc(OC)c1OC(C)=O.C[C@H](NC(=O)/C(C#N)=C/c1cc(Cl)cc(C(F)(F)F)c1)c1ccccc1.C[C@H](NC(=O)/C(C#N)=C/c1ccc(Cl)c(Cl)c1)c1ccccc1.C[C@H](NC(=O)/C(C#N)=C/c1ccc(N2CCCCC2)cc1)c1ccccc1.C[C@H](NC(=O)/C(C#N)=C/c1cccc(Br)n1)c1ccccc1. The van der Waals surface area contributed by atoms with Crippen LogP contribution in [-0.2, 0) is 34.9 Å². The third-order valence-electron chi connectivity index (χ3n) is 18.9. The lowest BCUT2D eigenvalue weighted by molar-refractivity contribution is -0.137. The van der Waals surface area contributed by atoms with E-state index in [1.165, 1.54) is 70.4 Å². The first-order valence-electron chi connectivity index (χ1n) is 39.5. The van der Waals surface area contributed by atoms with Crippen LogP contribution in [-0.4, -0.2) is 67.8 Å². The van der Waals surface area contributed by atoms with E-state index in [9.17, 15) is 68.2 Å². The van der Waals surface area contributed by atoms with Gasteiger partial charge in [-0.05, 0) is 217 Å². The van der Waals surface area contributed by atoms with E-state index in [1.54, 1.807) is 67.6 Å². The number of piperidine rings is 1. The van der Waals surface area contributed by atoms with Crippen molar-refractivity contribution >= 4 is 122 Å². The Balaban J connectivity index is 0.000000218. The number of alkyl halides is 3. The fourth-order valence-electron chi connectivity index (χ4n) is 12.2. The van der Waals surface area contributed by atoms with Gasteiger partial charge in [-0.3, -0.25) is 28.8 Å². The van der Waals surface area contributed by atoms with Crippen molar-refractivity contribution in [3.63, 3.8) is 0 Å². The maximum atomic E-state index is 12.9. The zero-order valence-electron chi connectivity index (χ0n) is 70.4. The Morgan fingerprint density at radius 2 is 0.756 bits per heavy atom. The molecule has 28 heteroatoms. The van der Waals surface area contributed by atoms with E-state index in [4.69, 9.17) is 49.0 Å². The summed E-state index contributed by atoms with van der Waals surface area (Å²) in [5.74, 6) is -2.33. The first-order valence-corrected chi connectivity index (χ1v) is 41.4. The fraction of sp³-hybridized carbons (Fsp3) is 0.192. The number of anilines is 1. The predicted octanol–water partition coefficient (Wildman–Crippen LogP) is 21.4. The van der Waals surface area contributed by atoms with Crippen LogP contribution in [0.15, 0.2) is 275 Å². The molecule has 0 spiro atoms. The van der Waals surface area contributed by atoms with Gasteiger partial charge in [-0.2, -0.15) is 39.5 Å². The van der Waals surface area contributed by atoms with Crippen LogP contribution >= 0.6 is 50.7 Å². The average Bonchev–Trinajstić information content (AvgIpc) is 0.824. The summed E-state index contributed by atoms with van der Waals surface area (Å²) in [7, 11) is 2.82. The molecule has 0 saturated carbocycles. The molecule has 1 saturated heterocycles. The van der Waals surface area contributed by atoms with Crippen LogP contribution in [0.3, 0.4) is 0 Å². The monoisotopic (exact) mass is 1830 g/mol. The molecule has 21 nitrogen and oxygen atoms in total. The zero-order valence-corrected chi connectivity index (χ0v) is 74.2. The number of esters is 1. The van der Waals surface area contributed by atoms with Crippen molar-refractivity contribution in [1.82, 2.24) is 31.6 Å². The molecule has 648 valence electrons. The summed E-state index contributed by atoms with van der Waals surface area (Å²) in [6, 6.07) is 79.9. The van der Waals surface area contributed by atoms with E-state index in [-0.39, 0.29) is 91.8 Å². The summed E-state index contributed by atoms with van der Waals surface area (Å²) in [5, 5.41) is 61.1. The lowest BCUT2D eigenvalue weighted by Crippen LogP contribution is -2.29. The van der Waals surface area contributed by atoms with Gasteiger partial charge in [0, 0.05) is 30.7 Å². The van der Waals surface area contributed by atoms with E-state index in [1.807, 2.05) is 216 Å². The number of nitrogens with zero attached hydrogens (tertiary/aromatic N) is 7. The zero-order chi connectivity index (χ0) is 92.5. The van der Waals surface area contributed by atoms with E-state index in [0.29, 0.717) is 31.5 Å². The second kappa shape index (κ2) is 51.0. The predicted molar refractivity (Wildman–Crippen MR) is 491 cm³/mol. The smallest absolute Gasteiger partial charge is 0.416 e. The van der Waals surface area contributed by atoms with Crippen molar-refractivity contribution in [2.75, 3.05) is 32.2 Å². The van der Waals surface area contributed by atoms with Crippen molar-refractivity contribution in [3.05, 3.63) is 352 Å². The van der Waals surface area contributed by atoms with E-state index < -0.39 is 41.3 Å². The number of hydrogen-bond acceptors (Lipinski definition) is 16. The van der Waals surface area contributed by atoms with Crippen LogP contribution in [0.1, 0.15) is 152 Å². The first kappa shape index (κ1) is 99.7. The number of methoxy groups -OCH3 is 2. The maximum absolute atomic E-state index is 12.9. The Bertz CT molecular complexity index is 5820. The highest BCUT2D eigenvalue weighted by molar-refractivity contribution is 9.10. The number of carbonyl (C=O) groups is 6. The third kappa shape index (κ3) is 32.7. The molecule has 1 aliphatic heterocycles. The molecule has 1 aromatic heterocycles. The third-order valence-corrected chi connectivity index (χ3v) is 20.3. The average molecular weight is 1830 g/mol. The Morgan fingerprint density at radius 3 is 1.09 bits per heavy atom. The van der Waals surface area contributed by atoms with Gasteiger partial charge in [0.1, 0.15) is 62.8 Å². The van der Waals surface area contributed by atoms with Crippen LogP contribution in [0.2, 0.25) is 15.1 Å². The van der Waals surface area contributed by atoms with Crippen molar-refractivity contribution in [1.29, 1.82) is 26.3 Å². The van der Waals surface area contributed by atoms with Gasteiger partial charge < -0.3 is 45.7 Å². The number of halogens is 7. The standard InChI is InChI=1S/C23H25N3O.C22H22N2O5.C19H14ClF3N2O.C18H14Cl2N2O.C17H14BrN3O/c1-18(20-8-4-2-5-9-20)25-23(27)21(17-24)16-19-10-12-22(13-11-19)26-14-6-3-7-15-26;1-14(17-8-6-5-7-9-17)24-22(26)18(13-23)10-16-11-19(27-3)21(29-15(2)25)20(12-16)28-4;1-12(14-5-3-2-4-6-14)25-18(26)15(11-24)7-13-8-16(19(21,22)23)10-17(20)9-13;1-12(14-5-3-2-4-6-14)22-18(23)15(11-21)9-13-7-8-16(19)17(20)10-13;1-12(13-6-3-2-4-7-13)20-17(22)14(11-19)10-15-8-5-9-16(18)21-15/h2,4-5,8-13,16,18H,3,6-7,14-15H2,1H3,(H,25,27);5-12,14H,1-4H3,(H,24,26);2-10,12H,1H3,(H,25,26);2-10,12H,1H3,(H,22,23);2-10,12H,1H3,(H,20,22)/b21-16+;18-10+;15-7+;15-9+;14-10+/t18-;14-;3*12-/m00000/s1. The molecule has 10 aromatic rings. The minimum Gasteiger partial charge on any atom is -0.493 e. The maximum Gasteiger partial charge on any atom is 0.416 e. The number of nitrogens with one attached hydrogen (secondary N) is 5. The molecule has 5 N–H and O–H groups in total. The van der Waals surface area contributed by atoms with Crippen LogP contribution in [0.5, 0.6) is 17.2 Å². The minimum absolute atomic E-state index is 0.00571. The minimum atomic E-state index is -4.58. The number of pyridine rings is 1. The molecule has 127 heavy (non-hydrogen) atoms. The van der Waals surface area contributed by atoms with Crippen LogP contribution < -0.4 is 45.7 Å². The quantitative estimate of drug-likeness (QED) is 0.0123. The Kier molecular flexibility index (Phi) is 40.1. The number of carbonyl (C=O) groups excluding carboxylic acids is 6. The highest BCUT2D eigenvalue weighted by Crippen LogP contribution is 2.40. The van der Waals surface area contributed by atoms with Gasteiger partial charge in [-0.1, -0.05) is 211 Å². The molecule has 1 aliphatic rings. The van der Waals surface area contributed by atoms with Crippen molar-refractivity contribution in [3.8, 4) is 47.6 Å². The molecule has 5 amide bonds. The van der Waals surface area contributed by atoms with E-state index in [0.717, 1.165) is 64.7 Å². The molecule has 0 aliphatic carbocycles. The topological polar surface area (TPSA) is 325 Å². The van der Waals surface area contributed by atoms with E-state index in [2.05, 4.69) is 64.5 Å². The van der Waals surface area contributed by atoms with E-state index >= 15 is 0 Å². The summed E-state index contributed by atoms with van der Waals surface area (Å²) >= 11 is 20.8. The van der Waals surface area contributed by atoms with Crippen molar-refractivity contribution < 1.29 is 56.1 Å². The summed E-state index contributed by atoms with van der Waals surface area (Å²) in [5.41, 5.74) is 7.24. The highest BCUT2D eigenvalue weighted by atomic mass is 79.9. The van der Waals surface area contributed by atoms with Crippen molar-refractivity contribution in [2.24, 2.45) is 0 Å². The molecule has 0 radical (unpaired) electrons.